The molecule has 1 aromatic carbocycles. The number of unbranched alkanes of at least 4 members (excludes halogenated alkanes) is 1. The lowest BCUT2D eigenvalue weighted by atomic mass is 9.95. The van der Waals surface area contributed by atoms with E-state index in [9.17, 15) is 8.78 Å². The molecule has 0 spiro atoms. The van der Waals surface area contributed by atoms with Crippen molar-refractivity contribution >= 4 is 11.0 Å². The van der Waals surface area contributed by atoms with E-state index < -0.39 is 11.6 Å². The number of aryl methyl sites for hydroxylation is 1. The van der Waals surface area contributed by atoms with E-state index in [2.05, 4.69) is 4.98 Å². The van der Waals surface area contributed by atoms with Crippen LogP contribution in [-0.4, -0.2) is 16.1 Å². The summed E-state index contributed by atoms with van der Waals surface area (Å²) in [4.78, 5) is 4.49. The molecule has 0 aliphatic heterocycles. The lowest BCUT2D eigenvalue weighted by Crippen LogP contribution is -2.19. The van der Waals surface area contributed by atoms with Crippen molar-refractivity contribution in [3.05, 3.63) is 29.6 Å². The van der Waals surface area contributed by atoms with Gasteiger partial charge in [-0.1, -0.05) is 20.8 Å². The summed E-state index contributed by atoms with van der Waals surface area (Å²) in [6, 6.07) is 2.40. The highest BCUT2D eigenvalue weighted by Crippen LogP contribution is 2.28. The first-order valence-electron chi connectivity index (χ1n) is 6.90. The van der Waals surface area contributed by atoms with Crippen LogP contribution in [0.2, 0.25) is 0 Å². The number of hydrogen-bond acceptors (Lipinski definition) is 2. The summed E-state index contributed by atoms with van der Waals surface area (Å²) in [6.45, 7) is 7.47. The second kappa shape index (κ2) is 5.48. The molecule has 0 saturated heterocycles. The summed E-state index contributed by atoms with van der Waals surface area (Å²) >= 11 is 0. The largest absolute Gasteiger partial charge is 0.330 e. The van der Waals surface area contributed by atoms with Crippen molar-refractivity contribution in [2.75, 3.05) is 6.54 Å². The molecule has 2 N–H and O–H groups in total. The topological polar surface area (TPSA) is 43.8 Å². The Morgan fingerprint density at radius 2 is 1.80 bits per heavy atom. The van der Waals surface area contributed by atoms with Crippen molar-refractivity contribution in [1.82, 2.24) is 9.55 Å². The monoisotopic (exact) mass is 281 g/mol. The predicted octanol–water partition coefficient (Wildman–Crippen LogP) is 3.35. The SMILES string of the molecule is CC(C)(C)c1nc2cc(F)c(F)cc2n1CCCCN. The quantitative estimate of drug-likeness (QED) is 0.873. The molecule has 3 nitrogen and oxygen atoms in total. The minimum atomic E-state index is -0.857. The molecule has 0 atom stereocenters. The van der Waals surface area contributed by atoms with Gasteiger partial charge in [0.25, 0.3) is 0 Å². The maximum atomic E-state index is 13.5. The molecule has 0 amide bonds. The average Bonchev–Trinajstić information content (AvgIpc) is 2.69. The number of imidazole rings is 1. The molecule has 0 fully saturated rings. The minimum absolute atomic E-state index is 0.186. The van der Waals surface area contributed by atoms with Crippen LogP contribution in [0.1, 0.15) is 39.4 Å². The second-order valence-electron chi connectivity index (χ2n) is 6.09. The molecule has 0 unspecified atom stereocenters. The average molecular weight is 281 g/mol. The Labute approximate surface area is 117 Å². The Morgan fingerprint density at radius 1 is 1.15 bits per heavy atom. The number of aromatic nitrogens is 2. The normalized spacial score (nSPS) is 12.3. The van der Waals surface area contributed by atoms with Crippen LogP contribution >= 0.6 is 0 Å². The summed E-state index contributed by atoms with van der Waals surface area (Å²) in [6.07, 6.45) is 1.79. The van der Waals surface area contributed by atoms with Gasteiger partial charge in [-0.25, -0.2) is 13.8 Å². The lowest BCUT2D eigenvalue weighted by molar-refractivity contribution is 0.491. The van der Waals surface area contributed by atoms with E-state index in [-0.39, 0.29) is 5.41 Å². The minimum Gasteiger partial charge on any atom is -0.330 e. The van der Waals surface area contributed by atoms with Crippen molar-refractivity contribution in [3.8, 4) is 0 Å². The van der Waals surface area contributed by atoms with Crippen molar-refractivity contribution in [2.45, 2.75) is 45.6 Å². The fourth-order valence-electron chi connectivity index (χ4n) is 2.33. The third kappa shape index (κ3) is 2.82. The van der Waals surface area contributed by atoms with Crippen molar-refractivity contribution in [1.29, 1.82) is 0 Å². The summed E-state index contributed by atoms with van der Waals surface area (Å²) in [5.41, 5.74) is 6.47. The molecule has 0 bridgehead atoms. The number of benzene rings is 1. The van der Waals surface area contributed by atoms with Crippen molar-refractivity contribution in [2.24, 2.45) is 5.73 Å². The summed E-state index contributed by atoms with van der Waals surface area (Å²) in [5, 5.41) is 0. The van der Waals surface area contributed by atoms with Crippen molar-refractivity contribution < 1.29 is 8.78 Å². The highest BCUT2D eigenvalue weighted by Gasteiger charge is 2.23. The lowest BCUT2D eigenvalue weighted by Gasteiger charge is -2.20. The van der Waals surface area contributed by atoms with Gasteiger partial charge in [0.15, 0.2) is 11.6 Å². The van der Waals surface area contributed by atoms with Gasteiger partial charge >= 0.3 is 0 Å². The Hall–Kier alpha value is -1.49. The van der Waals surface area contributed by atoms with Gasteiger partial charge in [-0.05, 0) is 19.4 Å². The molecule has 110 valence electrons. The maximum Gasteiger partial charge on any atom is 0.161 e. The molecule has 5 heteroatoms. The van der Waals surface area contributed by atoms with Crippen LogP contribution in [0.5, 0.6) is 0 Å². The van der Waals surface area contributed by atoms with Crippen LogP contribution in [0.15, 0.2) is 12.1 Å². The molecule has 1 heterocycles. The van der Waals surface area contributed by atoms with E-state index >= 15 is 0 Å². The molecule has 1 aromatic heterocycles. The van der Waals surface area contributed by atoms with Gasteiger partial charge < -0.3 is 10.3 Å². The van der Waals surface area contributed by atoms with Gasteiger partial charge in [0.05, 0.1) is 11.0 Å². The zero-order chi connectivity index (χ0) is 14.9. The molecule has 0 radical (unpaired) electrons. The summed E-state index contributed by atoms with van der Waals surface area (Å²) in [5.74, 6) is -0.850. The number of rotatable bonds is 4. The summed E-state index contributed by atoms with van der Waals surface area (Å²) in [7, 11) is 0. The molecule has 2 aromatic rings. The van der Waals surface area contributed by atoms with Crippen LogP contribution < -0.4 is 5.73 Å². The predicted molar refractivity (Wildman–Crippen MR) is 76.6 cm³/mol. The number of nitrogens with zero attached hydrogens (tertiary/aromatic N) is 2. The fourth-order valence-corrected chi connectivity index (χ4v) is 2.33. The first kappa shape index (κ1) is 14.9. The smallest absolute Gasteiger partial charge is 0.161 e. The van der Waals surface area contributed by atoms with Gasteiger partial charge in [-0.3, -0.25) is 0 Å². The Morgan fingerprint density at radius 3 is 2.40 bits per heavy atom. The summed E-state index contributed by atoms with van der Waals surface area (Å²) < 4.78 is 28.8. The zero-order valence-corrected chi connectivity index (χ0v) is 12.2. The number of fused-ring (bicyclic) bond motifs is 1. The van der Waals surface area contributed by atoms with E-state index in [1.54, 1.807) is 0 Å². The van der Waals surface area contributed by atoms with E-state index in [4.69, 9.17) is 5.73 Å². The highest BCUT2D eigenvalue weighted by atomic mass is 19.2. The molecule has 0 aliphatic carbocycles. The number of halogens is 2. The molecule has 20 heavy (non-hydrogen) atoms. The van der Waals surface area contributed by atoms with Gasteiger partial charge in [-0.2, -0.15) is 0 Å². The van der Waals surface area contributed by atoms with E-state index in [1.807, 2.05) is 25.3 Å². The standard InChI is InChI=1S/C15H21F2N3/c1-15(2,3)14-19-12-8-10(16)11(17)9-13(12)20(14)7-5-4-6-18/h8-9H,4-7,18H2,1-3H3. The molecule has 0 saturated carbocycles. The van der Waals surface area contributed by atoms with E-state index in [1.165, 1.54) is 12.1 Å². The maximum absolute atomic E-state index is 13.5. The molecular weight excluding hydrogens is 260 g/mol. The van der Waals surface area contributed by atoms with E-state index in [0.717, 1.165) is 18.7 Å². The molecule has 2 rings (SSSR count). The van der Waals surface area contributed by atoms with Crippen LogP contribution in [-0.2, 0) is 12.0 Å². The van der Waals surface area contributed by atoms with Gasteiger partial charge in [0, 0.05) is 24.1 Å². The molecule has 0 aliphatic rings. The Balaban J connectivity index is 2.56. The third-order valence-electron chi connectivity index (χ3n) is 3.30. The number of hydrogen-bond donors (Lipinski definition) is 1. The highest BCUT2D eigenvalue weighted by molar-refractivity contribution is 5.76. The van der Waals surface area contributed by atoms with Crippen molar-refractivity contribution in [3.63, 3.8) is 0 Å². The zero-order valence-electron chi connectivity index (χ0n) is 12.2. The fraction of sp³-hybridized carbons (Fsp3) is 0.533. The van der Waals surface area contributed by atoms with E-state index in [0.29, 0.717) is 24.1 Å². The van der Waals surface area contributed by atoms with Gasteiger partial charge in [0.2, 0.25) is 0 Å². The first-order chi connectivity index (χ1) is 9.34. The second-order valence-corrected chi connectivity index (χ2v) is 6.09. The molecular formula is C15H21F2N3. The first-order valence-corrected chi connectivity index (χ1v) is 6.90. The number of nitrogens with two attached hydrogens (primary N) is 1. The van der Waals surface area contributed by atoms with Crippen LogP contribution in [0, 0.1) is 11.6 Å². The van der Waals surface area contributed by atoms with Crippen LogP contribution in [0.3, 0.4) is 0 Å². The van der Waals surface area contributed by atoms with Gasteiger partial charge in [-0.15, -0.1) is 0 Å². The third-order valence-corrected chi connectivity index (χ3v) is 3.30. The Kier molecular flexibility index (Phi) is 4.09. The van der Waals surface area contributed by atoms with Crippen LogP contribution in [0.25, 0.3) is 11.0 Å². The Bertz CT molecular complexity index is 612. The van der Waals surface area contributed by atoms with Crippen LogP contribution in [0.4, 0.5) is 8.78 Å². The van der Waals surface area contributed by atoms with Gasteiger partial charge in [0.1, 0.15) is 5.82 Å².